The largest absolute Gasteiger partial charge is 0.344 e. The molecule has 1 heterocycles. The highest BCUT2D eigenvalue weighted by Crippen LogP contribution is 2.22. The van der Waals surface area contributed by atoms with Gasteiger partial charge in [-0.15, -0.1) is 0 Å². The molecule has 0 saturated carbocycles. The maximum atomic E-state index is 13.5. The number of hydrogen-bond donors (Lipinski definition) is 2. The summed E-state index contributed by atoms with van der Waals surface area (Å²) in [6.07, 6.45) is 15.6. The average Bonchev–Trinajstić information content (AvgIpc) is 2.85. The summed E-state index contributed by atoms with van der Waals surface area (Å²) < 4.78 is 0. The molecule has 0 spiro atoms. The van der Waals surface area contributed by atoms with Gasteiger partial charge >= 0.3 is 0 Å². The number of nitrogens with zero attached hydrogens (tertiary/aromatic N) is 2. The summed E-state index contributed by atoms with van der Waals surface area (Å²) in [6, 6.07) is -1.41. The van der Waals surface area contributed by atoms with Crippen LogP contribution in [0.1, 0.15) is 97.8 Å². The summed E-state index contributed by atoms with van der Waals surface area (Å²) in [6.45, 7) is 7.08. The first-order valence-corrected chi connectivity index (χ1v) is 14.8. The Labute approximate surface area is 232 Å². The lowest BCUT2D eigenvalue weighted by Gasteiger charge is -2.29. The van der Waals surface area contributed by atoms with Crippen molar-refractivity contribution in [1.29, 1.82) is 0 Å². The molecule has 1 aliphatic rings. The number of hydroxylamine groups is 2. The van der Waals surface area contributed by atoms with E-state index in [1.165, 1.54) is 31.4 Å². The second-order valence-electron chi connectivity index (χ2n) is 11.8. The zero-order valence-electron chi connectivity index (χ0n) is 25.3. The Morgan fingerprint density at radius 3 is 2.45 bits per heavy atom. The van der Waals surface area contributed by atoms with E-state index in [-0.39, 0.29) is 29.6 Å². The van der Waals surface area contributed by atoms with E-state index in [1.54, 1.807) is 7.05 Å². The Kier molecular flexibility index (Phi) is 17.2. The molecule has 0 radical (unpaired) electrons. The van der Waals surface area contributed by atoms with Crippen molar-refractivity contribution in [2.45, 2.75) is 110 Å². The van der Waals surface area contributed by atoms with Crippen LogP contribution in [0.3, 0.4) is 0 Å². The van der Waals surface area contributed by atoms with E-state index in [0.717, 1.165) is 45.1 Å². The topological polar surface area (TPSA) is 91.0 Å². The predicted octanol–water partition coefficient (Wildman–Crippen LogP) is 4.70. The van der Waals surface area contributed by atoms with Crippen molar-refractivity contribution in [3.05, 3.63) is 12.2 Å². The normalized spacial score (nSPS) is 25.2. The van der Waals surface area contributed by atoms with Crippen molar-refractivity contribution >= 4 is 17.7 Å². The standard InChI is InChI=1S/C30H56N4O4/c1-8-9-10-13-16-24-17-14-11-12-15-18-25(22-33(4)5)20-27(30(37)34(6)38-7)32-29(36)26(19-23(2)3)31-28(35)21-24/h12,15,23-27H,8-11,13-14,16-22H2,1-7H3,(H,31,35)(H,32,36)/b15-12-/t24?,25?,26-,27?/m0/s1. The van der Waals surface area contributed by atoms with Crippen LogP contribution in [0.25, 0.3) is 0 Å². The monoisotopic (exact) mass is 536 g/mol. The van der Waals surface area contributed by atoms with Crippen molar-refractivity contribution in [3.8, 4) is 0 Å². The SMILES string of the molecule is CCCCCCC1CCC/C=C\CC(CN(C)C)CC(C(=O)N(C)OC)NC(=O)[C@H](CC(C)C)NC(=O)C1. The third-order valence-corrected chi connectivity index (χ3v) is 7.31. The van der Waals surface area contributed by atoms with Crippen molar-refractivity contribution in [2.24, 2.45) is 17.8 Å². The molecule has 1 aliphatic heterocycles. The lowest BCUT2D eigenvalue weighted by atomic mass is 9.91. The molecule has 0 aromatic rings. The average molecular weight is 537 g/mol. The lowest BCUT2D eigenvalue weighted by Crippen LogP contribution is -2.55. The van der Waals surface area contributed by atoms with E-state index in [1.807, 2.05) is 27.9 Å². The minimum Gasteiger partial charge on any atom is -0.344 e. The summed E-state index contributed by atoms with van der Waals surface area (Å²) in [5.74, 6) is 0.0394. The van der Waals surface area contributed by atoms with E-state index in [2.05, 4.69) is 34.6 Å². The summed E-state index contributed by atoms with van der Waals surface area (Å²) in [5.41, 5.74) is 0. The van der Waals surface area contributed by atoms with Crippen LogP contribution >= 0.6 is 0 Å². The molecule has 3 amide bonds. The second kappa shape index (κ2) is 19.2. The minimum atomic E-state index is -0.739. The first-order chi connectivity index (χ1) is 18.1. The highest BCUT2D eigenvalue weighted by molar-refractivity contribution is 5.91. The Balaban J connectivity index is 3.21. The quantitative estimate of drug-likeness (QED) is 0.227. The van der Waals surface area contributed by atoms with Gasteiger partial charge in [0.2, 0.25) is 11.8 Å². The van der Waals surface area contributed by atoms with Crippen LogP contribution in [0.5, 0.6) is 0 Å². The fourth-order valence-corrected chi connectivity index (χ4v) is 5.26. The van der Waals surface area contributed by atoms with Crippen LogP contribution in [-0.2, 0) is 19.2 Å². The molecule has 0 saturated heterocycles. The van der Waals surface area contributed by atoms with Crippen LogP contribution in [0.2, 0.25) is 0 Å². The Morgan fingerprint density at radius 1 is 1.08 bits per heavy atom. The fourth-order valence-electron chi connectivity index (χ4n) is 5.26. The van der Waals surface area contributed by atoms with Gasteiger partial charge in [-0.1, -0.05) is 58.6 Å². The highest BCUT2D eigenvalue weighted by Gasteiger charge is 2.31. The molecular weight excluding hydrogens is 480 g/mol. The van der Waals surface area contributed by atoms with Gasteiger partial charge < -0.3 is 15.5 Å². The molecule has 1 rings (SSSR count). The molecule has 220 valence electrons. The van der Waals surface area contributed by atoms with Crippen molar-refractivity contribution in [1.82, 2.24) is 20.6 Å². The molecular formula is C30H56N4O4. The van der Waals surface area contributed by atoms with E-state index in [9.17, 15) is 14.4 Å². The minimum absolute atomic E-state index is 0.0729. The molecule has 8 heteroatoms. The van der Waals surface area contributed by atoms with Gasteiger partial charge in [0.15, 0.2) is 0 Å². The predicted molar refractivity (Wildman–Crippen MR) is 154 cm³/mol. The van der Waals surface area contributed by atoms with E-state index in [4.69, 9.17) is 4.84 Å². The van der Waals surface area contributed by atoms with Gasteiger partial charge in [0, 0.05) is 20.0 Å². The van der Waals surface area contributed by atoms with Gasteiger partial charge in [-0.05, 0) is 76.8 Å². The zero-order chi connectivity index (χ0) is 28.5. The van der Waals surface area contributed by atoms with Gasteiger partial charge in [-0.25, -0.2) is 5.06 Å². The van der Waals surface area contributed by atoms with Crippen molar-refractivity contribution in [3.63, 3.8) is 0 Å². The molecule has 38 heavy (non-hydrogen) atoms. The summed E-state index contributed by atoms with van der Waals surface area (Å²) in [7, 11) is 7.04. The Hall–Kier alpha value is -1.93. The van der Waals surface area contributed by atoms with Crippen LogP contribution in [0.4, 0.5) is 0 Å². The third kappa shape index (κ3) is 14.3. The number of hydrogen-bond acceptors (Lipinski definition) is 5. The van der Waals surface area contributed by atoms with Crippen LogP contribution in [-0.4, -0.2) is 74.6 Å². The molecule has 0 aliphatic carbocycles. The van der Waals surface area contributed by atoms with Crippen LogP contribution < -0.4 is 10.6 Å². The number of amides is 3. The molecule has 0 bridgehead atoms. The number of rotatable bonds is 11. The molecule has 0 aromatic heterocycles. The molecule has 8 nitrogen and oxygen atoms in total. The first kappa shape index (κ1) is 34.1. The van der Waals surface area contributed by atoms with Gasteiger partial charge in [0.05, 0.1) is 7.11 Å². The molecule has 0 aromatic carbocycles. The van der Waals surface area contributed by atoms with Crippen LogP contribution in [0, 0.1) is 17.8 Å². The number of allylic oxidation sites excluding steroid dienone is 2. The second-order valence-corrected chi connectivity index (χ2v) is 11.8. The molecule has 4 atom stereocenters. The molecule has 2 N–H and O–H groups in total. The van der Waals surface area contributed by atoms with Gasteiger partial charge in [0.25, 0.3) is 5.91 Å². The number of likely N-dealkylation sites (N-methyl/N-ethyl adjacent to an activating group) is 1. The maximum Gasteiger partial charge on any atom is 0.268 e. The van der Waals surface area contributed by atoms with E-state index >= 15 is 0 Å². The smallest absolute Gasteiger partial charge is 0.268 e. The van der Waals surface area contributed by atoms with E-state index < -0.39 is 12.1 Å². The molecule has 0 fully saturated rings. The fraction of sp³-hybridized carbons (Fsp3) is 0.833. The number of nitrogens with one attached hydrogen (secondary N) is 2. The maximum absolute atomic E-state index is 13.5. The molecule has 3 unspecified atom stereocenters. The number of carbonyl (C=O) groups excluding carboxylic acids is 3. The van der Waals surface area contributed by atoms with Gasteiger partial charge in [-0.2, -0.15) is 0 Å². The van der Waals surface area contributed by atoms with Crippen LogP contribution in [0.15, 0.2) is 12.2 Å². The van der Waals surface area contributed by atoms with Crippen molar-refractivity contribution < 1.29 is 19.2 Å². The lowest BCUT2D eigenvalue weighted by molar-refractivity contribution is -0.172. The van der Waals surface area contributed by atoms with Crippen molar-refractivity contribution in [2.75, 3.05) is 34.8 Å². The Morgan fingerprint density at radius 2 is 1.82 bits per heavy atom. The van der Waals surface area contributed by atoms with Gasteiger partial charge in [-0.3, -0.25) is 19.2 Å². The number of carbonyl (C=O) groups is 3. The van der Waals surface area contributed by atoms with E-state index in [0.29, 0.717) is 25.2 Å². The summed E-state index contributed by atoms with van der Waals surface area (Å²) >= 11 is 0. The summed E-state index contributed by atoms with van der Waals surface area (Å²) in [4.78, 5) is 47.1. The first-order valence-electron chi connectivity index (χ1n) is 14.8. The summed E-state index contributed by atoms with van der Waals surface area (Å²) in [5, 5.41) is 7.19. The third-order valence-electron chi connectivity index (χ3n) is 7.31. The Bertz CT molecular complexity index is 725. The van der Waals surface area contributed by atoms with Gasteiger partial charge in [0.1, 0.15) is 12.1 Å². The number of unbranched alkanes of at least 4 members (excludes halogenated alkanes) is 3. The highest BCUT2D eigenvalue weighted by atomic mass is 16.7. The zero-order valence-corrected chi connectivity index (χ0v) is 25.3.